The maximum atomic E-state index is 13.6. The Labute approximate surface area is 225 Å². The Morgan fingerprint density at radius 1 is 0.974 bits per heavy atom. The highest BCUT2D eigenvalue weighted by Gasteiger charge is 2.29. The number of benzene rings is 2. The molecule has 5 rings (SSSR count). The summed E-state index contributed by atoms with van der Waals surface area (Å²) in [5.41, 5.74) is 1.65. The molecule has 1 amide bonds. The van der Waals surface area contributed by atoms with E-state index < -0.39 is 5.56 Å². The monoisotopic (exact) mass is 529 g/mol. The van der Waals surface area contributed by atoms with Crippen molar-refractivity contribution in [1.82, 2.24) is 24.0 Å². The molecule has 2 heterocycles. The largest absolute Gasteiger partial charge is 0.333 e. The fraction of sp³-hybridized carbons (Fsp3) is 0.345. The zero-order valence-corrected chi connectivity index (χ0v) is 22.5. The van der Waals surface area contributed by atoms with Crippen LogP contribution in [-0.2, 0) is 31.5 Å². The lowest BCUT2D eigenvalue weighted by molar-refractivity contribution is -0.129. The van der Waals surface area contributed by atoms with Gasteiger partial charge in [0.2, 0.25) is 5.91 Å². The SMILES string of the molecule is CCCn1c(=O)n(C)c(=O)c2c(SCC(=O)N(Cc3ccccc3)Cc3ccccc3)nc(C3CC3)nc21. The summed E-state index contributed by atoms with van der Waals surface area (Å²) in [7, 11) is 1.48. The van der Waals surface area contributed by atoms with Crippen molar-refractivity contribution in [2.75, 3.05) is 5.75 Å². The number of rotatable bonds is 10. The molecule has 1 saturated carbocycles. The summed E-state index contributed by atoms with van der Waals surface area (Å²) in [6.45, 7) is 3.39. The first-order chi connectivity index (χ1) is 18.5. The van der Waals surface area contributed by atoms with Crippen LogP contribution in [0.1, 0.15) is 49.1 Å². The Balaban J connectivity index is 1.48. The number of carbonyl (C=O) groups is 1. The first-order valence-corrected chi connectivity index (χ1v) is 13.9. The van der Waals surface area contributed by atoms with Crippen molar-refractivity contribution < 1.29 is 4.79 Å². The van der Waals surface area contributed by atoms with E-state index >= 15 is 0 Å². The van der Waals surface area contributed by atoms with Crippen molar-refractivity contribution in [2.24, 2.45) is 7.05 Å². The average Bonchev–Trinajstić information content (AvgIpc) is 3.79. The van der Waals surface area contributed by atoms with E-state index in [2.05, 4.69) is 4.98 Å². The van der Waals surface area contributed by atoms with Crippen LogP contribution in [0.25, 0.3) is 11.0 Å². The number of hydrogen-bond acceptors (Lipinski definition) is 6. The van der Waals surface area contributed by atoms with E-state index in [0.717, 1.165) is 35.0 Å². The molecule has 2 aromatic heterocycles. The molecule has 2 aromatic carbocycles. The second-order valence-corrected chi connectivity index (χ2v) is 10.6. The number of fused-ring (bicyclic) bond motifs is 1. The second kappa shape index (κ2) is 11.3. The van der Waals surface area contributed by atoms with Crippen LogP contribution in [0.4, 0.5) is 0 Å². The number of carbonyl (C=O) groups excluding carboxylic acids is 1. The first-order valence-electron chi connectivity index (χ1n) is 13.0. The average molecular weight is 530 g/mol. The maximum Gasteiger partial charge on any atom is 0.332 e. The van der Waals surface area contributed by atoms with Gasteiger partial charge in [0.15, 0.2) is 5.65 Å². The number of hydrogen-bond donors (Lipinski definition) is 0. The molecule has 0 N–H and O–H groups in total. The summed E-state index contributed by atoms with van der Waals surface area (Å²) in [4.78, 5) is 51.0. The molecule has 0 atom stereocenters. The van der Waals surface area contributed by atoms with Gasteiger partial charge in [-0.15, -0.1) is 0 Å². The number of aromatic nitrogens is 4. The molecule has 196 valence electrons. The van der Waals surface area contributed by atoms with Crippen LogP contribution >= 0.6 is 11.8 Å². The molecule has 0 unspecified atom stereocenters. The predicted molar refractivity (Wildman–Crippen MR) is 149 cm³/mol. The third-order valence-corrected chi connectivity index (χ3v) is 7.63. The third-order valence-electron chi connectivity index (χ3n) is 6.67. The molecule has 0 saturated heterocycles. The van der Waals surface area contributed by atoms with E-state index in [1.54, 1.807) is 4.57 Å². The number of aryl methyl sites for hydroxylation is 1. The van der Waals surface area contributed by atoms with Gasteiger partial charge in [-0.1, -0.05) is 79.3 Å². The maximum absolute atomic E-state index is 13.6. The standard InChI is InChI=1S/C29H31N5O3S/c1-3-16-34-26-24(28(36)32(2)29(34)37)27(31-25(30-26)22-14-15-22)38-19-23(35)33(17-20-10-6-4-7-11-20)18-21-12-8-5-9-13-21/h4-13,22H,3,14-19H2,1-2H3. The number of thioether (sulfide) groups is 1. The molecule has 38 heavy (non-hydrogen) atoms. The van der Waals surface area contributed by atoms with Crippen LogP contribution in [0.5, 0.6) is 0 Å². The summed E-state index contributed by atoms with van der Waals surface area (Å²) < 4.78 is 2.68. The van der Waals surface area contributed by atoms with Crippen LogP contribution in [0.15, 0.2) is 75.3 Å². The Morgan fingerprint density at radius 3 is 2.13 bits per heavy atom. The molecule has 9 heteroatoms. The lowest BCUT2D eigenvalue weighted by atomic mass is 10.1. The van der Waals surface area contributed by atoms with Crippen molar-refractivity contribution in [3.05, 3.63) is 98.5 Å². The van der Waals surface area contributed by atoms with E-state index in [0.29, 0.717) is 41.5 Å². The smallest absolute Gasteiger partial charge is 0.332 e. The van der Waals surface area contributed by atoms with Crippen LogP contribution in [0, 0.1) is 0 Å². The zero-order chi connectivity index (χ0) is 26.6. The van der Waals surface area contributed by atoms with Gasteiger partial charge in [0.25, 0.3) is 5.56 Å². The van der Waals surface area contributed by atoms with Gasteiger partial charge in [0.1, 0.15) is 16.2 Å². The molecule has 1 aliphatic carbocycles. The normalized spacial score (nSPS) is 13.1. The van der Waals surface area contributed by atoms with E-state index in [4.69, 9.17) is 4.98 Å². The predicted octanol–water partition coefficient (Wildman–Crippen LogP) is 4.10. The Kier molecular flexibility index (Phi) is 7.74. The Morgan fingerprint density at radius 2 is 1.58 bits per heavy atom. The van der Waals surface area contributed by atoms with Gasteiger partial charge in [-0.3, -0.25) is 18.7 Å². The molecule has 1 fully saturated rings. The molecule has 0 radical (unpaired) electrons. The van der Waals surface area contributed by atoms with Gasteiger partial charge >= 0.3 is 5.69 Å². The Hall–Kier alpha value is -3.72. The zero-order valence-electron chi connectivity index (χ0n) is 21.7. The van der Waals surface area contributed by atoms with Gasteiger partial charge in [-0.05, 0) is 30.4 Å². The fourth-order valence-corrected chi connectivity index (χ4v) is 5.39. The van der Waals surface area contributed by atoms with Gasteiger partial charge in [-0.2, -0.15) is 0 Å². The number of amides is 1. The van der Waals surface area contributed by atoms with Crippen LogP contribution < -0.4 is 11.2 Å². The molecule has 0 spiro atoms. The minimum absolute atomic E-state index is 0.0545. The summed E-state index contributed by atoms with van der Waals surface area (Å²) >= 11 is 1.25. The number of nitrogens with zero attached hydrogens (tertiary/aromatic N) is 5. The summed E-state index contributed by atoms with van der Waals surface area (Å²) in [6, 6.07) is 19.8. The van der Waals surface area contributed by atoms with Gasteiger partial charge < -0.3 is 4.90 Å². The minimum atomic E-state index is -0.430. The lowest BCUT2D eigenvalue weighted by Crippen LogP contribution is -2.39. The van der Waals surface area contributed by atoms with Crippen molar-refractivity contribution in [3.8, 4) is 0 Å². The topological polar surface area (TPSA) is 90.1 Å². The van der Waals surface area contributed by atoms with Crippen molar-refractivity contribution in [2.45, 2.75) is 56.8 Å². The highest BCUT2D eigenvalue weighted by Crippen LogP contribution is 2.39. The minimum Gasteiger partial charge on any atom is -0.333 e. The second-order valence-electron chi connectivity index (χ2n) is 9.67. The van der Waals surface area contributed by atoms with Crippen LogP contribution in [-0.4, -0.2) is 35.7 Å². The molecule has 8 nitrogen and oxygen atoms in total. The van der Waals surface area contributed by atoms with Gasteiger partial charge in [0, 0.05) is 32.6 Å². The van der Waals surface area contributed by atoms with E-state index in [1.807, 2.05) is 72.5 Å². The van der Waals surface area contributed by atoms with E-state index in [1.165, 1.54) is 18.8 Å². The summed E-state index contributed by atoms with van der Waals surface area (Å²) in [5.74, 6) is 0.944. The molecular formula is C29H31N5O3S. The van der Waals surface area contributed by atoms with Crippen molar-refractivity contribution in [3.63, 3.8) is 0 Å². The van der Waals surface area contributed by atoms with E-state index in [9.17, 15) is 14.4 Å². The highest BCUT2D eigenvalue weighted by atomic mass is 32.2. The van der Waals surface area contributed by atoms with Gasteiger partial charge in [-0.25, -0.2) is 14.8 Å². The highest BCUT2D eigenvalue weighted by molar-refractivity contribution is 8.00. The molecule has 4 aromatic rings. The quantitative estimate of drug-likeness (QED) is 0.227. The molecule has 0 bridgehead atoms. The molecule has 1 aliphatic rings. The van der Waals surface area contributed by atoms with Crippen molar-refractivity contribution >= 4 is 28.7 Å². The first kappa shape index (κ1) is 25.9. The summed E-state index contributed by atoms with van der Waals surface area (Å²) in [5, 5.41) is 0.774. The van der Waals surface area contributed by atoms with Gasteiger partial charge in [0.05, 0.1) is 5.75 Å². The van der Waals surface area contributed by atoms with Crippen LogP contribution in [0.3, 0.4) is 0 Å². The lowest BCUT2D eigenvalue weighted by Gasteiger charge is -2.23. The molecule has 0 aliphatic heterocycles. The van der Waals surface area contributed by atoms with Crippen molar-refractivity contribution in [1.29, 1.82) is 0 Å². The fourth-order valence-electron chi connectivity index (χ4n) is 4.47. The third kappa shape index (κ3) is 5.57. The Bertz CT molecular complexity index is 1520. The van der Waals surface area contributed by atoms with E-state index in [-0.39, 0.29) is 23.3 Å². The summed E-state index contributed by atoms with van der Waals surface area (Å²) in [6.07, 6.45) is 2.70. The van der Waals surface area contributed by atoms with Crippen LogP contribution in [0.2, 0.25) is 0 Å². The molecular weight excluding hydrogens is 498 g/mol.